The van der Waals surface area contributed by atoms with Crippen LogP contribution in [0.3, 0.4) is 0 Å². The standard InChI is InChI=1S/C22H26O6/c1-3-9-19(23)27-14-28-20(24)13-6-4-5-10-16-15(2)21(25)17-11-7-8-12-18(17)22(16)26/h7-8,11-12H,3-6,9-10,13-14H2,1-2H3. The van der Waals surface area contributed by atoms with Crippen molar-refractivity contribution in [1.29, 1.82) is 0 Å². The van der Waals surface area contributed by atoms with Crippen LogP contribution in [-0.4, -0.2) is 30.3 Å². The van der Waals surface area contributed by atoms with E-state index in [0.29, 0.717) is 54.4 Å². The second-order valence-corrected chi connectivity index (χ2v) is 6.77. The average molecular weight is 386 g/mol. The third-order valence-electron chi connectivity index (χ3n) is 4.69. The van der Waals surface area contributed by atoms with Crippen LogP contribution in [0.4, 0.5) is 0 Å². The van der Waals surface area contributed by atoms with Crippen molar-refractivity contribution in [3.05, 3.63) is 46.5 Å². The van der Waals surface area contributed by atoms with Gasteiger partial charge in [0, 0.05) is 35.1 Å². The van der Waals surface area contributed by atoms with Crippen LogP contribution in [0.5, 0.6) is 0 Å². The molecule has 0 radical (unpaired) electrons. The lowest BCUT2D eigenvalue weighted by Crippen LogP contribution is -2.20. The molecule has 1 aromatic carbocycles. The molecule has 1 aromatic rings. The van der Waals surface area contributed by atoms with Crippen molar-refractivity contribution < 1.29 is 28.7 Å². The summed E-state index contributed by atoms with van der Waals surface area (Å²) in [5, 5.41) is 0. The van der Waals surface area contributed by atoms with Crippen LogP contribution >= 0.6 is 0 Å². The quantitative estimate of drug-likeness (QED) is 0.341. The van der Waals surface area contributed by atoms with Gasteiger partial charge >= 0.3 is 11.9 Å². The molecule has 0 bridgehead atoms. The molecule has 0 fully saturated rings. The Labute approximate surface area is 164 Å². The monoisotopic (exact) mass is 386 g/mol. The number of carbonyl (C=O) groups is 4. The van der Waals surface area contributed by atoms with E-state index < -0.39 is 5.97 Å². The molecule has 0 aromatic heterocycles. The van der Waals surface area contributed by atoms with Crippen molar-refractivity contribution in [3.63, 3.8) is 0 Å². The van der Waals surface area contributed by atoms with E-state index in [9.17, 15) is 19.2 Å². The Bertz CT molecular complexity index is 790. The summed E-state index contributed by atoms with van der Waals surface area (Å²) >= 11 is 0. The molecule has 0 saturated carbocycles. The topological polar surface area (TPSA) is 86.7 Å². The summed E-state index contributed by atoms with van der Waals surface area (Å²) in [4.78, 5) is 47.8. The first-order valence-electron chi connectivity index (χ1n) is 9.65. The Balaban J connectivity index is 1.72. The van der Waals surface area contributed by atoms with E-state index in [2.05, 4.69) is 0 Å². The van der Waals surface area contributed by atoms with Crippen molar-refractivity contribution in [2.75, 3.05) is 6.79 Å². The molecule has 2 rings (SSSR count). The zero-order valence-electron chi connectivity index (χ0n) is 16.4. The number of ether oxygens (including phenoxy) is 2. The van der Waals surface area contributed by atoms with Crippen LogP contribution in [0.25, 0.3) is 0 Å². The predicted molar refractivity (Wildman–Crippen MR) is 103 cm³/mol. The summed E-state index contributed by atoms with van der Waals surface area (Å²) in [6.45, 7) is 3.21. The number of benzene rings is 1. The van der Waals surface area contributed by atoms with Gasteiger partial charge in [0.25, 0.3) is 0 Å². The number of hydrogen-bond acceptors (Lipinski definition) is 6. The van der Waals surface area contributed by atoms with E-state index in [4.69, 9.17) is 9.47 Å². The minimum atomic E-state index is -0.419. The van der Waals surface area contributed by atoms with Crippen molar-refractivity contribution in [2.45, 2.75) is 58.8 Å². The lowest BCUT2D eigenvalue weighted by atomic mass is 9.83. The number of carbonyl (C=O) groups excluding carboxylic acids is 4. The van der Waals surface area contributed by atoms with Gasteiger partial charge in [-0.15, -0.1) is 0 Å². The number of Topliss-reactive ketones (excluding diaryl/α,β-unsaturated/α-hetero) is 2. The van der Waals surface area contributed by atoms with E-state index in [1.54, 1.807) is 31.2 Å². The fraction of sp³-hybridized carbons (Fsp3) is 0.455. The van der Waals surface area contributed by atoms with E-state index in [0.717, 1.165) is 6.42 Å². The van der Waals surface area contributed by atoms with Crippen molar-refractivity contribution in [1.82, 2.24) is 0 Å². The second-order valence-electron chi connectivity index (χ2n) is 6.77. The van der Waals surface area contributed by atoms with Crippen LogP contribution in [0.2, 0.25) is 0 Å². The molecule has 0 heterocycles. The zero-order valence-corrected chi connectivity index (χ0v) is 16.4. The highest BCUT2D eigenvalue weighted by atomic mass is 16.7. The van der Waals surface area contributed by atoms with Gasteiger partial charge in [-0.05, 0) is 32.6 Å². The van der Waals surface area contributed by atoms with Gasteiger partial charge in [0.1, 0.15) is 0 Å². The number of fused-ring (bicyclic) bond motifs is 1. The molecule has 0 N–H and O–H groups in total. The summed E-state index contributed by atoms with van der Waals surface area (Å²) in [5.41, 5.74) is 2.01. The van der Waals surface area contributed by atoms with Gasteiger partial charge in [-0.2, -0.15) is 0 Å². The molecule has 150 valence electrons. The Hall–Kier alpha value is -2.76. The van der Waals surface area contributed by atoms with Gasteiger partial charge in [-0.1, -0.05) is 37.6 Å². The molecule has 0 spiro atoms. The molecule has 0 unspecified atom stereocenters. The molecule has 1 aliphatic rings. The summed E-state index contributed by atoms with van der Waals surface area (Å²) in [6.07, 6.45) is 3.75. The number of unbranched alkanes of at least 4 members (excludes halogenated alkanes) is 2. The molecular weight excluding hydrogens is 360 g/mol. The Morgan fingerprint density at radius 2 is 1.46 bits per heavy atom. The lowest BCUT2D eigenvalue weighted by molar-refractivity contribution is -0.167. The Morgan fingerprint density at radius 3 is 2.11 bits per heavy atom. The lowest BCUT2D eigenvalue weighted by Gasteiger charge is -2.18. The van der Waals surface area contributed by atoms with Crippen molar-refractivity contribution >= 4 is 23.5 Å². The van der Waals surface area contributed by atoms with Crippen LogP contribution in [0.15, 0.2) is 35.4 Å². The molecule has 0 atom stereocenters. The van der Waals surface area contributed by atoms with Crippen LogP contribution in [0, 0.1) is 0 Å². The van der Waals surface area contributed by atoms with Crippen LogP contribution in [0.1, 0.15) is 79.5 Å². The molecule has 28 heavy (non-hydrogen) atoms. The molecule has 1 aliphatic carbocycles. The fourth-order valence-electron chi connectivity index (χ4n) is 3.11. The normalized spacial score (nSPS) is 13.4. The van der Waals surface area contributed by atoms with E-state index in [-0.39, 0.29) is 30.7 Å². The molecule has 0 aliphatic heterocycles. The van der Waals surface area contributed by atoms with Gasteiger partial charge in [0.2, 0.25) is 6.79 Å². The number of hydrogen-bond donors (Lipinski definition) is 0. The fourth-order valence-corrected chi connectivity index (χ4v) is 3.11. The number of ketones is 2. The Kier molecular flexibility index (Phi) is 8.11. The van der Waals surface area contributed by atoms with Crippen molar-refractivity contribution in [2.24, 2.45) is 0 Å². The summed E-state index contributed by atoms with van der Waals surface area (Å²) in [7, 11) is 0. The number of rotatable bonds is 10. The van der Waals surface area contributed by atoms with Crippen LogP contribution < -0.4 is 0 Å². The zero-order chi connectivity index (χ0) is 20.5. The first kappa shape index (κ1) is 21.5. The van der Waals surface area contributed by atoms with Gasteiger partial charge in [-0.25, -0.2) is 0 Å². The predicted octanol–water partition coefficient (Wildman–Crippen LogP) is 4.18. The van der Waals surface area contributed by atoms with Crippen molar-refractivity contribution in [3.8, 4) is 0 Å². The van der Waals surface area contributed by atoms with E-state index in [1.807, 2.05) is 6.92 Å². The van der Waals surface area contributed by atoms with Gasteiger partial charge < -0.3 is 9.47 Å². The van der Waals surface area contributed by atoms with Crippen LogP contribution in [-0.2, 0) is 19.1 Å². The minimum absolute atomic E-state index is 0.0824. The summed E-state index contributed by atoms with van der Waals surface area (Å²) in [6, 6.07) is 6.88. The minimum Gasteiger partial charge on any atom is -0.428 e. The Morgan fingerprint density at radius 1 is 0.857 bits per heavy atom. The SMILES string of the molecule is CCCC(=O)OCOC(=O)CCCCCC1=C(C)C(=O)c2ccccc2C1=O. The highest BCUT2D eigenvalue weighted by molar-refractivity contribution is 6.26. The number of allylic oxidation sites excluding steroid dienone is 2. The average Bonchev–Trinajstić information content (AvgIpc) is 2.68. The third kappa shape index (κ3) is 5.62. The summed E-state index contributed by atoms with van der Waals surface area (Å²) < 4.78 is 9.62. The third-order valence-corrected chi connectivity index (χ3v) is 4.69. The first-order valence-corrected chi connectivity index (χ1v) is 9.65. The molecule has 0 amide bonds. The van der Waals surface area contributed by atoms with Gasteiger partial charge in [0.15, 0.2) is 11.6 Å². The van der Waals surface area contributed by atoms with E-state index in [1.165, 1.54) is 0 Å². The molecule has 0 saturated heterocycles. The smallest absolute Gasteiger partial charge is 0.308 e. The molecular formula is C22H26O6. The first-order chi connectivity index (χ1) is 13.5. The van der Waals surface area contributed by atoms with Gasteiger partial charge in [0.05, 0.1) is 0 Å². The second kappa shape index (κ2) is 10.5. The highest BCUT2D eigenvalue weighted by Gasteiger charge is 2.28. The molecule has 6 nitrogen and oxygen atoms in total. The maximum Gasteiger partial charge on any atom is 0.308 e. The van der Waals surface area contributed by atoms with Gasteiger partial charge in [-0.3, -0.25) is 19.2 Å². The summed E-state index contributed by atoms with van der Waals surface area (Å²) in [5.74, 6) is -0.975. The maximum atomic E-state index is 12.6. The number of esters is 2. The maximum absolute atomic E-state index is 12.6. The highest BCUT2D eigenvalue weighted by Crippen LogP contribution is 2.29. The largest absolute Gasteiger partial charge is 0.428 e. The molecule has 6 heteroatoms. The van der Waals surface area contributed by atoms with E-state index >= 15 is 0 Å².